The number of carbonyl (C=O) groups excluding carboxylic acids is 1. The fourth-order valence-electron chi connectivity index (χ4n) is 2.52. The predicted octanol–water partition coefficient (Wildman–Crippen LogP) is 2.55. The Kier molecular flexibility index (Phi) is 6.77. The zero-order valence-corrected chi connectivity index (χ0v) is 15.0. The summed E-state index contributed by atoms with van der Waals surface area (Å²) in [6.07, 6.45) is 2.21. The van der Waals surface area contributed by atoms with Gasteiger partial charge in [-0.3, -0.25) is 9.59 Å². The first-order valence-corrected chi connectivity index (χ1v) is 8.54. The topological polar surface area (TPSA) is 106 Å². The highest BCUT2D eigenvalue weighted by molar-refractivity contribution is 5.82. The first-order valence-electron chi connectivity index (χ1n) is 8.54. The van der Waals surface area contributed by atoms with Crippen LogP contribution in [0.2, 0.25) is 0 Å². The third kappa shape index (κ3) is 5.34. The van der Waals surface area contributed by atoms with E-state index in [1.165, 1.54) is 0 Å². The zero-order chi connectivity index (χ0) is 19.1. The van der Waals surface area contributed by atoms with E-state index in [9.17, 15) is 14.4 Å². The number of benzene rings is 1. The molecule has 0 aliphatic rings. The molecule has 2 rings (SSSR count). The third-order valence-electron chi connectivity index (χ3n) is 4.19. The Morgan fingerprint density at radius 2 is 1.92 bits per heavy atom. The van der Waals surface area contributed by atoms with E-state index in [1.54, 1.807) is 25.1 Å². The molecule has 2 aromatic rings. The molecule has 0 spiro atoms. The molecule has 0 atom stereocenters. The molecule has 1 aromatic heterocycles. The van der Waals surface area contributed by atoms with Gasteiger partial charge >= 0.3 is 11.6 Å². The molecule has 2 N–H and O–H groups in total. The van der Waals surface area contributed by atoms with Crippen molar-refractivity contribution < 1.29 is 23.8 Å². The van der Waals surface area contributed by atoms with Crippen molar-refractivity contribution in [3.63, 3.8) is 0 Å². The number of carboxylic acid groups (broad SMARTS) is 1. The lowest BCUT2D eigenvalue weighted by Gasteiger charge is -2.09. The summed E-state index contributed by atoms with van der Waals surface area (Å²) >= 11 is 0. The first-order chi connectivity index (χ1) is 12.4. The highest BCUT2D eigenvalue weighted by atomic mass is 16.5. The van der Waals surface area contributed by atoms with Crippen LogP contribution < -0.4 is 15.7 Å². The number of rotatable bonds is 9. The molecule has 1 amide bonds. The number of ether oxygens (including phenoxy) is 1. The van der Waals surface area contributed by atoms with E-state index in [4.69, 9.17) is 14.3 Å². The smallest absolute Gasteiger partial charge is 0.339 e. The maximum atomic E-state index is 11.8. The second kappa shape index (κ2) is 9.03. The molecule has 0 aliphatic heterocycles. The van der Waals surface area contributed by atoms with Crippen molar-refractivity contribution in [3.8, 4) is 5.75 Å². The Labute approximate surface area is 151 Å². The number of fused-ring (bicyclic) bond motifs is 1. The first kappa shape index (κ1) is 19.5. The Hall–Kier alpha value is -2.83. The Balaban J connectivity index is 1.82. The van der Waals surface area contributed by atoms with Gasteiger partial charge in [-0.05, 0) is 44.4 Å². The molecule has 140 valence electrons. The van der Waals surface area contributed by atoms with E-state index >= 15 is 0 Å². The number of hydrogen-bond donors (Lipinski definition) is 2. The highest BCUT2D eigenvalue weighted by Crippen LogP contribution is 2.23. The third-order valence-corrected chi connectivity index (χ3v) is 4.19. The van der Waals surface area contributed by atoms with Crippen LogP contribution in [0.1, 0.15) is 36.8 Å². The average Bonchev–Trinajstić information content (AvgIpc) is 2.60. The zero-order valence-electron chi connectivity index (χ0n) is 15.0. The summed E-state index contributed by atoms with van der Waals surface area (Å²) in [4.78, 5) is 33.9. The van der Waals surface area contributed by atoms with E-state index in [2.05, 4.69) is 5.32 Å². The van der Waals surface area contributed by atoms with Crippen molar-refractivity contribution in [1.29, 1.82) is 0 Å². The van der Waals surface area contributed by atoms with Crippen molar-refractivity contribution in [1.82, 2.24) is 5.32 Å². The second-order valence-electron chi connectivity index (χ2n) is 6.14. The van der Waals surface area contributed by atoms with Crippen LogP contribution >= 0.6 is 0 Å². The minimum Gasteiger partial charge on any atom is -0.484 e. The number of unbranched alkanes of at least 4 members (excludes halogenated alkanes) is 2. The van der Waals surface area contributed by atoms with Crippen LogP contribution in [0.25, 0.3) is 11.0 Å². The van der Waals surface area contributed by atoms with Gasteiger partial charge in [0, 0.05) is 30.0 Å². The van der Waals surface area contributed by atoms with Crippen LogP contribution in [-0.2, 0) is 9.59 Å². The van der Waals surface area contributed by atoms with Gasteiger partial charge in [-0.25, -0.2) is 4.79 Å². The van der Waals surface area contributed by atoms with E-state index in [0.29, 0.717) is 29.9 Å². The maximum absolute atomic E-state index is 11.8. The van der Waals surface area contributed by atoms with Crippen LogP contribution in [0.3, 0.4) is 0 Å². The predicted molar refractivity (Wildman–Crippen MR) is 96.6 cm³/mol. The molecule has 0 fully saturated rings. The maximum Gasteiger partial charge on any atom is 0.339 e. The molecule has 7 nitrogen and oxygen atoms in total. The van der Waals surface area contributed by atoms with Gasteiger partial charge in [0.15, 0.2) is 6.61 Å². The van der Waals surface area contributed by atoms with E-state index in [0.717, 1.165) is 23.8 Å². The largest absolute Gasteiger partial charge is 0.484 e. The minimum absolute atomic E-state index is 0.143. The van der Waals surface area contributed by atoms with Crippen LogP contribution in [0.5, 0.6) is 5.75 Å². The number of carboxylic acids is 1. The van der Waals surface area contributed by atoms with Crippen molar-refractivity contribution >= 4 is 22.8 Å². The number of carbonyl (C=O) groups is 2. The summed E-state index contributed by atoms with van der Waals surface area (Å²) in [5.74, 6) is -0.621. The van der Waals surface area contributed by atoms with E-state index in [1.807, 2.05) is 6.92 Å². The Morgan fingerprint density at radius 1 is 1.15 bits per heavy atom. The van der Waals surface area contributed by atoms with E-state index < -0.39 is 5.97 Å². The molecule has 1 aromatic carbocycles. The van der Waals surface area contributed by atoms with Gasteiger partial charge in [-0.2, -0.15) is 0 Å². The fraction of sp³-hybridized carbons (Fsp3) is 0.421. The molecular formula is C19H23NO6. The van der Waals surface area contributed by atoms with Crippen molar-refractivity contribution in [3.05, 3.63) is 39.7 Å². The monoisotopic (exact) mass is 361 g/mol. The molecule has 1 heterocycles. The van der Waals surface area contributed by atoms with Crippen LogP contribution in [-0.4, -0.2) is 30.1 Å². The van der Waals surface area contributed by atoms with Gasteiger partial charge in [0.05, 0.1) is 0 Å². The molecule has 0 bridgehead atoms. The standard InChI is InChI=1S/C19H23NO6/c1-12-13(2)19(24)26-16-10-14(7-8-15(12)16)25-11-17(21)20-9-5-3-4-6-18(22)23/h7-8,10H,3-6,9,11H2,1-2H3,(H,20,21)(H,22,23). The molecule has 0 radical (unpaired) electrons. The van der Waals surface area contributed by atoms with Crippen molar-refractivity contribution in [2.75, 3.05) is 13.2 Å². The Bertz CT molecular complexity index is 855. The summed E-state index contributed by atoms with van der Waals surface area (Å²) in [5, 5.41) is 12.1. The lowest BCUT2D eigenvalue weighted by molar-refractivity contribution is -0.137. The normalized spacial score (nSPS) is 10.7. The number of amides is 1. The van der Waals surface area contributed by atoms with E-state index in [-0.39, 0.29) is 24.6 Å². The highest BCUT2D eigenvalue weighted by Gasteiger charge is 2.09. The molecule has 0 saturated carbocycles. The fourth-order valence-corrected chi connectivity index (χ4v) is 2.52. The lowest BCUT2D eigenvalue weighted by Crippen LogP contribution is -2.29. The molecule has 0 unspecified atom stereocenters. The molecule has 26 heavy (non-hydrogen) atoms. The van der Waals surface area contributed by atoms with Crippen molar-refractivity contribution in [2.45, 2.75) is 39.5 Å². The van der Waals surface area contributed by atoms with Gasteiger partial charge in [-0.1, -0.05) is 6.42 Å². The van der Waals surface area contributed by atoms with Crippen molar-refractivity contribution in [2.24, 2.45) is 0 Å². The molecular weight excluding hydrogens is 338 g/mol. The Morgan fingerprint density at radius 3 is 2.65 bits per heavy atom. The van der Waals surface area contributed by atoms with Crippen LogP contribution in [0.15, 0.2) is 27.4 Å². The summed E-state index contributed by atoms with van der Waals surface area (Å²) in [5.41, 5.74) is 1.49. The number of aryl methyl sites for hydroxylation is 1. The second-order valence-corrected chi connectivity index (χ2v) is 6.14. The van der Waals surface area contributed by atoms with Gasteiger partial charge < -0.3 is 19.6 Å². The van der Waals surface area contributed by atoms with Gasteiger partial charge in [0.25, 0.3) is 5.91 Å². The lowest BCUT2D eigenvalue weighted by atomic mass is 10.1. The minimum atomic E-state index is -0.806. The van der Waals surface area contributed by atoms with Gasteiger partial charge in [-0.15, -0.1) is 0 Å². The van der Waals surface area contributed by atoms with Gasteiger partial charge in [0.1, 0.15) is 11.3 Å². The number of nitrogens with one attached hydrogen (secondary N) is 1. The average molecular weight is 361 g/mol. The summed E-state index contributed by atoms with van der Waals surface area (Å²) in [7, 11) is 0. The number of aliphatic carboxylic acids is 1. The summed E-state index contributed by atoms with van der Waals surface area (Å²) in [6, 6.07) is 5.13. The molecule has 7 heteroatoms. The molecule has 0 aliphatic carbocycles. The number of hydrogen-bond acceptors (Lipinski definition) is 5. The van der Waals surface area contributed by atoms with Crippen LogP contribution in [0, 0.1) is 13.8 Å². The SMILES string of the molecule is Cc1c(C)c2ccc(OCC(=O)NCCCCCC(=O)O)cc2oc1=O. The van der Waals surface area contributed by atoms with Gasteiger partial charge in [0.2, 0.25) is 0 Å². The summed E-state index contributed by atoms with van der Waals surface area (Å²) in [6.45, 7) is 3.92. The van der Waals surface area contributed by atoms with Crippen LogP contribution in [0.4, 0.5) is 0 Å². The summed E-state index contributed by atoms with van der Waals surface area (Å²) < 4.78 is 10.7. The molecule has 0 saturated heterocycles. The quantitative estimate of drug-likeness (QED) is 0.525.